The molecule has 0 saturated carbocycles. The molecule has 70 valence electrons. The van der Waals surface area contributed by atoms with Crippen LogP contribution in [0, 0.1) is 0 Å². The minimum Gasteiger partial charge on any atom is -0.294 e. The second kappa shape index (κ2) is 4.11. The number of Topliss-reactive ketones (excluding diaryl/α,β-unsaturated/α-hetero) is 1. The Morgan fingerprint density at radius 3 is 2.93 bits per heavy atom. The van der Waals surface area contributed by atoms with Crippen LogP contribution in [0.5, 0.6) is 0 Å². The summed E-state index contributed by atoms with van der Waals surface area (Å²) in [6.45, 7) is 0. The van der Waals surface area contributed by atoms with Gasteiger partial charge in [0.05, 0.1) is 5.51 Å². The number of carbonyl (C=O) groups excluding carboxylic acids is 1. The summed E-state index contributed by atoms with van der Waals surface area (Å²) >= 11 is 1.49. The van der Waals surface area contributed by atoms with Crippen molar-refractivity contribution in [1.29, 1.82) is 0 Å². The van der Waals surface area contributed by atoms with Gasteiger partial charge in [0, 0.05) is 35.5 Å². The van der Waals surface area contributed by atoms with Crippen LogP contribution in [0.15, 0.2) is 36.2 Å². The van der Waals surface area contributed by atoms with Crippen molar-refractivity contribution in [3.05, 3.63) is 46.7 Å². The Morgan fingerprint density at radius 2 is 2.29 bits per heavy atom. The molecule has 0 aliphatic carbocycles. The van der Waals surface area contributed by atoms with Crippen LogP contribution >= 0.6 is 11.3 Å². The van der Waals surface area contributed by atoms with E-state index in [1.54, 1.807) is 36.2 Å². The third-order valence-electron chi connectivity index (χ3n) is 1.80. The summed E-state index contributed by atoms with van der Waals surface area (Å²) in [6, 6.07) is 3.54. The molecule has 2 heterocycles. The highest BCUT2D eigenvalue weighted by Gasteiger charge is 2.07. The second-order valence-electron chi connectivity index (χ2n) is 2.81. The molecule has 2 aromatic heterocycles. The Balaban J connectivity index is 2.11. The lowest BCUT2D eigenvalue weighted by Crippen LogP contribution is -2.02. The van der Waals surface area contributed by atoms with E-state index in [4.69, 9.17) is 0 Å². The fourth-order valence-electron chi connectivity index (χ4n) is 1.12. The summed E-state index contributed by atoms with van der Waals surface area (Å²) in [6.07, 6.45) is 5.38. The first-order valence-corrected chi connectivity index (χ1v) is 5.05. The Kier molecular flexibility index (Phi) is 2.65. The van der Waals surface area contributed by atoms with Gasteiger partial charge in [0.2, 0.25) is 0 Å². The zero-order chi connectivity index (χ0) is 9.80. The van der Waals surface area contributed by atoms with E-state index in [-0.39, 0.29) is 5.78 Å². The summed E-state index contributed by atoms with van der Waals surface area (Å²) in [5.41, 5.74) is 2.38. The lowest BCUT2D eigenvalue weighted by Gasteiger charge is -1.96. The summed E-state index contributed by atoms with van der Waals surface area (Å²) < 4.78 is 0. The number of thiazole rings is 1. The molecule has 2 aromatic rings. The fourth-order valence-corrected chi connectivity index (χ4v) is 1.71. The summed E-state index contributed by atoms with van der Waals surface area (Å²) in [7, 11) is 0. The molecule has 4 heteroatoms. The highest BCUT2D eigenvalue weighted by Crippen LogP contribution is 2.09. The summed E-state index contributed by atoms with van der Waals surface area (Å²) in [5, 5.41) is 0. The predicted molar refractivity (Wildman–Crippen MR) is 54.4 cm³/mol. The zero-order valence-corrected chi connectivity index (χ0v) is 8.20. The van der Waals surface area contributed by atoms with E-state index >= 15 is 0 Å². The molecule has 0 spiro atoms. The number of nitrogens with zero attached hydrogens (tertiary/aromatic N) is 2. The molecule has 0 aromatic carbocycles. The van der Waals surface area contributed by atoms with Gasteiger partial charge in [0.25, 0.3) is 0 Å². The van der Waals surface area contributed by atoms with Gasteiger partial charge in [-0.25, -0.2) is 0 Å². The fraction of sp³-hybridized carbons (Fsp3) is 0.100. The van der Waals surface area contributed by atoms with Gasteiger partial charge in [-0.2, -0.15) is 0 Å². The Labute approximate surface area is 85.5 Å². The molecule has 0 bridgehead atoms. The van der Waals surface area contributed by atoms with Crippen molar-refractivity contribution < 1.29 is 4.79 Å². The van der Waals surface area contributed by atoms with E-state index in [1.807, 2.05) is 0 Å². The van der Waals surface area contributed by atoms with Crippen molar-refractivity contribution in [1.82, 2.24) is 9.97 Å². The molecular weight excluding hydrogens is 196 g/mol. The molecule has 0 radical (unpaired) electrons. The average molecular weight is 204 g/mol. The van der Waals surface area contributed by atoms with Crippen molar-refractivity contribution >= 4 is 17.1 Å². The maximum Gasteiger partial charge on any atom is 0.169 e. The molecule has 2 rings (SSSR count). The first-order valence-electron chi connectivity index (χ1n) is 4.17. The monoisotopic (exact) mass is 204 g/mol. The molecule has 0 N–H and O–H groups in total. The van der Waals surface area contributed by atoms with E-state index in [0.717, 1.165) is 4.88 Å². The van der Waals surface area contributed by atoms with Crippen LogP contribution in [-0.4, -0.2) is 15.8 Å². The maximum atomic E-state index is 11.7. The molecular formula is C10H8N2OS. The smallest absolute Gasteiger partial charge is 0.169 e. The highest BCUT2D eigenvalue weighted by molar-refractivity contribution is 7.09. The van der Waals surface area contributed by atoms with Gasteiger partial charge >= 0.3 is 0 Å². The van der Waals surface area contributed by atoms with E-state index in [2.05, 4.69) is 9.97 Å². The van der Waals surface area contributed by atoms with Crippen molar-refractivity contribution in [2.75, 3.05) is 0 Å². The molecule has 3 nitrogen and oxygen atoms in total. The predicted octanol–water partition coefficient (Wildman–Crippen LogP) is 1.96. The number of hydrogen-bond donors (Lipinski definition) is 0. The number of rotatable bonds is 3. The van der Waals surface area contributed by atoms with Gasteiger partial charge in [-0.1, -0.05) is 0 Å². The van der Waals surface area contributed by atoms with Crippen LogP contribution in [0.2, 0.25) is 0 Å². The minimum atomic E-state index is 0.0855. The molecule has 0 unspecified atom stereocenters. The zero-order valence-electron chi connectivity index (χ0n) is 7.38. The largest absolute Gasteiger partial charge is 0.294 e. The third-order valence-corrected chi connectivity index (χ3v) is 2.58. The molecule has 0 saturated heterocycles. The normalized spacial score (nSPS) is 10.0. The first kappa shape index (κ1) is 9.02. The molecule has 0 atom stereocenters. The standard InChI is InChI=1S/C10H8N2OS/c13-10(4-9-6-12-7-14-9)8-2-1-3-11-5-8/h1-3,5-7H,4H2. The van der Waals surface area contributed by atoms with E-state index in [1.165, 1.54) is 11.3 Å². The number of pyridine rings is 1. The molecule has 0 aliphatic heterocycles. The maximum absolute atomic E-state index is 11.7. The van der Waals surface area contributed by atoms with Crippen LogP contribution in [-0.2, 0) is 6.42 Å². The Morgan fingerprint density at radius 1 is 1.36 bits per heavy atom. The third kappa shape index (κ3) is 2.03. The van der Waals surface area contributed by atoms with Crippen molar-refractivity contribution in [3.8, 4) is 0 Å². The Bertz CT molecular complexity index is 411. The molecule has 14 heavy (non-hydrogen) atoms. The van der Waals surface area contributed by atoms with Gasteiger partial charge in [0.15, 0.2) is 5.78 Å². The average Bonchev–Trinajstić information content (AvgIpc) is 2.72. The lowest BCUT2D eigenvalue weighted by atomic mass is 10.1. The van der Waals surface area contributed by atoms with E-state index in [0.29, 0.717) is 12.0 Å². The van der Waals surface area contributed by atoms with Crippen LogP contribution in [0.4, 0.5) is 0 Å². The lowest BCUT2D eigenvalue weighted by molar-refractivity contribution is 0.0993. The van der Waals surface area contributed by atoms with Gasteiger partial charge in [0.1, 0.15) is 0 Å². The topological polar surface area (TPSA) is 42.9 Å². The molecule has 0 fully saturated rings. The van der Waals surface area contributed by atoms with Crippen molar-refractivity contribution in [2.24, 2.45) is 0 Å². The van der Waals surface area contributed by atoms with E-state index < -0.39 is 0 Å². The highest BCUT2D eigenvalue weighted by atomic mass is 32.1. The van der Waals surface area contributed by atoms with Gasteiger partial charge in [-0.15, -0.1) is 11.3 Å². The number of ketones is 1. The van der Waals surface area contributed by atoms with Gasteiger partial charge in [-0.3, -0.25) is 14.8 Å². The first-order chi connectivity index (χ1) is 6.86. The Hall–Kier alpha value is -1.55. The van der Waals surface area contributed by atoms with E-state index in [9.17, 15) is 4.79 Å². The van der Waals surface area contributed by atoms with Crippen LogP contribution < -0.4 is 0 Å². The summed E-state index contributed by atoms with van der Waals surface area (Å²) in [5.74, 6) is 0.0855. The summed E-state index contributed by atoms with van der Waals surface area (Å²) in [4.78, 5) is 20.5. The van der Waals surface area contributed by atoms with Crippen LogP contribution in [0.3, 0.4) is 0 Å². The van der Waals surface area contributed by atoms with Gasteiger partial charge < -0.3 is 0 Å². The van der Waals surface area contributed by atoms with Gasteiger partial charge in [-0.05, 0) is 12.1 Å². The molecule has 0 aliphatic rings. The molecule has 0 amide bonds. The quantitative estimate of drug-likeness (QED) is 0.718. The second-order valence-corrected chi connectivity index (χ2v) is 3.78. The van der Waals surface area contributed by atoms with Crippen molar-refractivity contribution in [3.63, 3.8) is 0 Å². The number of aromatic nitrogens is 2. The minimum absolute atomic E-state index is 0.0855. The number of carbonyl (C=O) groups is 1. The SMILES string of the molecule is O=C(Cc1cncs1)c1cccnc1. The number of hydrogen-bond acceptors (Lipinski definition) is 4. The van der Waals surface area contributed by atoms with Crippen molar-refractivity contribution in [2.45, 2.75) is 6.42 Å². The van der Waals surface area contributed by atoms with Crippen LogP contribution in [0.25, 0.3) is 0 Å². The van der Waals surface area contributed by atoms with Crippen LogP contribution in [0.1, 0.15) is 15.2 Å².